The Morgan fingerprint density at radius 1 is 1.12 bits per heavy atom. The molecule has 3 aliphatic rings. The quantitative estimate of drug-likeness (QED) is 0.172. The number of nitrogens with one attached hydrogen (secondary N) is 4. The van der Waals surface area contributed by atoms with Crippen LogP contribution in [0.3, 0.4) is 0 Å². The van der Waals surface area contributed by atoms with Crippen LogP contribution in [0.5, 0.6) is 11.6 Å². The molecule has 0 bridgehead atoms. The number of nitrogens with zero attached hydrogens (tertiary/aromatic N) is 2. The normalized spacial score (nSPS) is 24.5. The number of methoxy groups -OCH3 is 2. The van der Waals surface area contributed by atoms with Crippen molar-refractivity contribution >= 4 is 67.1 Å². The van der Waals surface area contributed by atoms with Crippen LogP contribution in [-0.4, -0.2) is 108 Å². The van der Waals surface area contributed by atoms with Crippen LogP contribution >= 0.6 is 22.6 Å². The van der Waals surface area contributed by atoms with Crippen molar-refractivity contribution in [2.45, 2.75) is 92.3 Å². The molecular formula is C33H45IN6O9S. The van der Waals surface area contributed by atoms with Gasteiger partial charge in [0.05, 0.1) is 31.6 Å². The third kappa shape index (κ3) is 8.36. The van der Waals surface area contributed by atoms with E-state index < -0.39 is 68.2 Å². The number of amides is 5. The van der Waals surface area contributed by atoms with E-state index in [4.69, 9.17) is 14.2 Å². The van der Waals surface area contributed by atoms with Gasteiger partial charge in [-0.1, -0.05) is 43.4 Å². The average Bonchev–Trinajstić information content (AvgIpc) is 3.96. The zero-order chi connectivity index (χ0) is 36.6. The van der Waals surface area contributed by atoms with Gasteiger partial charge in [-0.3, -0.25) is 19.1 Å². The van der Waals surface area contributed by atoms with Crippen molar-refractivity contribution in [3.8, 4) is 11.6 Å². The van der Waals surface area contributed by atoms with Crippen LogP contribution < -0.4 is 30.1 Å². The smallest absolute Gasteiger partial charge is 0.315 e. The summed E-state index contributed by atoms with van der Waals surface area (Å²) in [7, 11) is -0.772. The molecule has 0 spiro atoms. The maximum atomic E-state index is 14.4. The Morgan fingerprint density at radius 2 is 1.82 bits per heavy atom. The number of carbonyl (C=O) groups excluding carboxylic acids is 4. The highest BCUT2D eigenvalue weighted by atomic mass is 127. The molecule has 1 saturated heterocycles. The van der Waals surface area contributed by atoms with Gasteiger partial charge in [0.15, 0.2) is 0 Å². The van der Waals surface area contributed by atoms with E-state index in [1.54, 1.807) is 47.1 Å². The molecule has 2 aromatic rings. The topological polar surface area (TPSA) is 194 Å². The molecule has 1 aliphatic heterocycles. The Balaban J connectivity index is 1.41. The summed E-state index contributed by atoms with van der Waals surface area (Å²) >= 11 is 2.01. The van der Waals surface area contributed by atoms with Crippen LogP contribution in [-0.2, 0) is 29.1 Å². The SMILES string of the molecule is COC[C@H](C)NC(=O)N[C@H](C(=O)N1C[C@H](Oc2nccc3cc(OC)ccc23)C[C@H]1C(=O)N[C@]1(C(=O)NS(=O)(=O)C2CC2)C[C@H]1I)C(C)(C)C. The van der Waals surface area contributed by atoms with Crippen LogP contribution in [0.25, 0.3) is 10.8 Å². The number of aromatic nitrogens is 1. The Bertz CT molecular complexity index is 1750. The fraction of sp³-hybridized carbons (Fsp3) is 0.606. The lowest BCUT2D eigenvalue weighted by molar-refractivity contribution is -0.142. The number of fused-ring (bicyclic) bond motifs is 1. The van der Waals surface area contributed by atoms with Crippen molar-refractivity contribution in [3.63, 3.8) is 0 Å². The monoisotopic (exact) mass is 828 g/mol. The number of hydrogen-bond acceptors (Lipinski definition) is 10. The third-order valence-corrected chi connectivity index (χ3v) is 12.4. The van der Waals surface area contributed by atoms with Gasteiger partial charge in [0.2, 0.25) is 27.7 Å². The Kier molecular flexibility index (Phi) is 11.1. The average molecular weight is 829 g/mol. The van der Waals surface area contributed by atoms with E-state index in [1.807, 2.05) is 40.8 Å². The van der Waals surface area contributed by atoms with Gasteiger partial charge in [-0.2, -0.15) is 0 Å². The van der Waals surface area contributed by atoms with Gasteiger partial charge < -0.3 is 35.1 Å². The summed E-state index contributed by atoms with van der Waals surface area (Å²) in [5, 5.41) is 9.23. The molecule has 6 atom stereocenters. The van der Waals surface area contributed by atoms with E-state index in [1.165, 1.54) is 12.0 Å². The fourth-order valence-electron chi connectivity index (χ4n) is 6.01. The van der Waals surface area contributed by atoms with Gasteiger partial charge >= 0.3 is 6.03 Å². The molecule has 17 heteroatoms. The predicted molar refractivity (Wildman–Crippen MR) is 192 cm³/mol. The van der Waals surface area contributed by atoms with Crippen LogP contribution in [0.1, 0.15) is 53.4 Å². The van der Waals surface area contributed by atoms with Crippen LogP contribution in [0, 0.1) is 5.41 Å². The summed E-state index contributed by atoms with van der Waals surface area (Å²) in [6, 6.07) is 4.15. The van der Waals surface area contributed by atoms with E-state index >= 15 is 0 Å². The standard InChI is InChI=1S/C33H45IN6O9S/c1-18(17-47-5)36-31(44)37-26(32(2,3)4)29(42)40-16-21(49-28-23-10-7-20(48-6)13-19(23)11-12-35-28)14-24(40)27(41)38-33(15-25(33)34)30(43)39-50(45,46)22-8-9-22/h7,10-13,18,21-22,24-26H,8-9,14-17H2,1-6H3,(H,38,41)(H,39,43)(H2,36,37,44)/t18-,21+,24-,25+,26+,33+/m0/s1. The number of pyridine rings is 1. The Morgan fingerprint density at radius 3 is 2.42 bits per heavy atom. The highest BCUT2D eigenvalue weighted by Gasteiger charge is 2.62. The van der Waals surface area contributed by atoms with Gasteiger partial charge in [-0.05, 0) is 61.3 Å². The van der Waals surface area contributed by atoms with E-state index in [0.29, 0.717) is 29.9 Å². The first kappa shape index (κ1) is 37.8. The molecule has 15 nitrogen and oxygen atoms in total. The number of sulfonamides is 1. The van der Waals surface area contributed by atoms with Gasteiger partial charge in [0.25, 0.3) is 5.91 Å². The van der Waals surface area contributed by atoms with Crippen molar-refractivity contribution in [1.82, 2.24) is 30.6 Å². The lowest BCUT2D eigenvalue weighted by atomic mass is 9.85. The molecule has 2 aliphatic carbocycles. The zero-order valence-electron chi connectivity index (χ0n) is 28.9. The largest absolute Gasteiger partial charge is 0.497 e. The fourth-order valence-corrected chi connectivity index (χ4v) is 8.51. The molecule has 2 saturated carbocycles. The number of urea groups is 1. The van der Waals surface area contributed by atoms with Gasteiger partial charge in [-0.25, -0.2) is 18.2 Å². The summed E-state index contributed by atoms with van der Waals surface area (Å²) in [6.07, 6.45) is 2.11. The molecular weight excluding hydrogens is 783 g/mol. The summed E-state index contributed by atoms with van der Waals surface area (Å²) in [5.41, 5.74) is -2.24. The highest BCUT2D eigenvalue weighted by molar-refractivity contribution is 14.1. The Hall–Kier alpha value is -3.45. The zero-order valence-corrected chi connectivity index (χ0v) is 31.9. The van der Waals surface area contributed by atoms with Gasteiger partial charge in [0, 0.05) is 29.0 Å². The maximum absolute atomic E-state index is 14.4. The van der Waals surface area contributed by atoms with E-state index in [0.717, 1.165) is 5.39 Å². The van der Waals surface area contributed by atoms with Crippen LogP contribution in [0.2, 0.25) is 0 Å². The molecule has 5 amide bonds. The van der Waals surface area contributed by atoms with Crippen molar-refractivity contribution in [2.24, 2.45) is 5.41 Å². The lowest BCUT2D eigenvalue weighted by Crippen LogP contribution is -2.61. The molecule has 4 N–H and O–H groups in total. The number of likely N-dealkylation sites (tertiary alicyclic amines) is 1. The summed E-state index contributed by atoms with van der Waals surface area (Å²) in [6.45, 7) is 7.39. The van der Waals surface area contributed by atoms with Crippen LogP contribution in [0.15, 0.2) is 30.5 Å². The molecule has 5 rings (SSSR count). The maximum Gasteiger partial charge on any atom is 0.315 e. The third-order valence-electron chi connectivity index (χ3n) is 9.07. The number of ether oxygens (including phenoxy) is 3. The highest BCUT2D eigenvalue weighted by Crippen LogP contribution is 2.44. The lowest BCUT2D eigenvalue weighted by Gasteiger charge is -2.35. The van der Waals surface area contributed by atoms with Crippen molar-refractivity contribution in [3.05, 3.63) is 30.5 Å². The van der Waals surface area contributed by atoms with Gasteiger partial charge in [-0.15, -0.1) is 0 Å². The molecule has 0 radical (unpaired) electrons. The molecule has 2 heterocycles. The van der Waals surface area contributed by atoms with Crippen molar-refractivity contribution in [1.29, 1.82) is 0 Å². The molecule has 1 aromatic carbocycles. The predicted octanol–water partition coefficient (Wildman–Crippen LogP) is 2.01. The minimum absolute atomic E-state index is 0.0238. The molecule has 1 aromatic heterocycles. The molecule has 50 heavy (non-hydrogen) atoms. The first-order valence-electron chi connectivity index (χ1n) is 16.5. The molecule has 274 valence electrons. The Labute approximate surface area is 305 Å². The van der Waals surface area contributed by atoms with E-state index in [2.05, 4.69) is 25.7 Å². The van der Waals surface area contributed by atoms with Crippen LogP contribution in [0.4, 0.5) is 4.79 Å². The van der Waals surface area contributed by atoms with Crippen molar-refractivity contribution < 1.29 is 41.8 Å². The van der Waals surface area contributed by atoms with E-state index in [9.17, 15) is 27.6 Å². The first-order chi connectivity index (χ1) is 23.5. The number of carbonyl (C=O) groups is 4. The van der Waals surface area contributed by atoms with Gasteiger partial charge in [0.1, 0.15) is 29.5 Å². The number of benzene rings is 1. The number of alkyl halides is 1. The summed E-state index contributed by atoms with van der Waals surface area (Å²) in [5.74, 6) is -1.000. The number of hydrogen-bond donors (Lipinski definition) is 4. The molecule has 3 fully saturated rings. The second kappa shape index (κ2) is 14.7. The summed E-state index contributed by atoms with van der Waals surface area (Å²) < 4.78 is 43.8. The second-order valence-corrected chi connectivity index (χ2v) is 17.7. The summed E-state index contributed by atoms with van der Waals surface area (Å²) in [4.78, 5) is 60.7. The number of halogens is 1. The van der Waals surface area contributed by atoms with Crippen molar-refractivity contribution in [2.75, 3.05) is 27.4 Å². The minimum atomic E-state index is -3.86. The molecule has 0 unspecified atom stereocenters. The minimum Gasteiger partial charge on any atom is -0.497 e. The first-order valence-corrected chi connectivity index (χ1v) is 19.3. The van der Waals surface area contributed by atoms with E-state index in [-0.39, 0.29) is 36.0 Å². The second-order valence-electron chi connectivity index (χ2n) is 14.3. The number of rotatable bonds is 13.